The zero-order valence-electron chi connectivity index (χ0n) is 4.45. The van der Waals surface area contributed by atoms with Crippen LogP contribution in [0.25, 0.3) is 0 Å². The van der Waals surface area contributed by atoms with Gasteiger partial charge in [-0.3, -0.25) is 11.3 Å². The standard InChI is InChI=1S/C4H11FN2/c1-2-4(5)3-7-6/h4,7H,2-3,6H2,1H3. The molecule has 0 aromatic rings. The second-order valence-electron chi connectivity index (χ2n) is 1.41. The number of hydrogen-bond donors (Lipinski definition) is 2. The normalized spacial score (nSPS) is 14.1. The summed E-state index contributed by atoms with van der Waals surface area (Å²) < 4.78 is 12.0. The molecule has 44 valence electrons. The van der Waals surface area contributed by atoms with Crippen LogP contribution >= 0.6 is 0 Å². The molecule has 0 spiro atoms. The summed E-state index contributed by atoms with van der Waals surface area (Å²) >= 11 is 0. The fraction of sp³-hybridized carbons (Fsp3) is 1.00. The molecule has 3 N–H and O–H groups in total. The van der Waals surface area contributed by atoms with Gasteiger partial charge in [0.25, 0.3) is 0 Å². The maximum Gasteiger partial charge on any atom is 0.114 e. The van der Waals surface area contributed by atoms with Crippen LogP contribution in [0.4, 0.5) is 4.39 Å². The summed E-state index contributed by atoms with van der Waals surface area (Å²) in [6.07, 6.45) is -0.255. The molecule has 3 heteroatoms. The predicted molar refractivity (Wildman–Crippen MR) is 27.4 cm³/mol. The molecule has 0 aromatic heterocycles. The smallest absolute Gasteiger partial charge is 0.114 e. The van der Waals surface area contributed by atoms with Gasteiger partial charge >= 0.3 is 0 Å². The van der Waals surface area contributed by atoms with Crippen LogP contribution < -0.4 is 11.3 Å². The first-order valence-corrected chi connectivity index (χ1v) is 2.38. The fourth-order valence-corrected chi connectivity index (χ4v) is 0.272. The van der Waals surface area contributed by atoms with Gasteiger partial charge in [0.05, 0.1) is 0 Å². The van der Waals surface area contributed by atoms with Gasteiger partial charge in [0.1, 0.15) is 6.17 Å². The van der Waals surface area contributed by atoms with E-state index >= 15 is 0 Å². The van der Waals surface area contributed by atoms with Crippen LogP contribution in [-0.2, 0) is 0 Å². The van der Waals surface area contributed by atoms with Gasteiger partial charge in [-0.1, -0.05) is 6.92 Å². The van der Waals surface area contributed by atoms with Crippen molar-refractivity contribution >= 4 is 0 Å². The van der Waals surface area contributed by atoms with Gasteiger partial charge in [-0.25, -0.2) is 4.39 Å². The Morgan fingerprint density at radius 1 is 1.86 bits per heavy atom. The highest BCUT2D eigenvalue weighted by atomic mass is 19.1. The Morgan fingerprint density at radius 2 is 2.43 bits per heavy atom. The minimum absolute atomic E-state index is 0.260. The fourth-order valence-electron chi connectivity index (χ4n) is 0.272. The lowest BCUT2D eigenvalue weighted by Gasteiger charge is -2.00. The van der Waals surface area contributed by atoms with Crippen LogP contribution in [0.2, 0.25) is 0 Å². The topological polar surface area (TPSA) is 38.0 Å². The molecule has 0 amide bonds. The number of hydrogen-bond acceptors (Lipinski definition) is 2. The summed E-state index contributed by atoms with van der Waals surface area (Å²) in [5.41, 5.74) is 2.24. The summed E-state index contributed by atoms with van der Waals surface area (Å²) in [5, 5.41) is 0. The third-order valence-electron chi connectivity index (χ3n) is 0.782. The molecule has 0 aliphatic carbocycles. The van der Waals surface area contributed by atoms with E-state index in [1.807, 2.05) is 0 Å². The molecular weight excluding hydrogens is 95.1 g/mol. The summed E-state index contributed by atoms with van der Waals surface area (Å²) in [7, 11) is 0. The van der Waals surface area contributed by atoms with Gasteiger partial charge < -0.3 is 0 Å². The van der Waals surface area contributed by atoms with Crippen molar-refractivity contribution in [3.8, 4) is 0 Å². The van der Waals surface area contributed by atoms with Crippen molar-refractivity contribution in [1.82, 2.24) is 5.43 Å². The molecule has 0 rings (SSSR count). The van der Waals surface area contributed by atoms with Crippen molar-refractivity contribution in [2.75, 3.05) is 6.54 Å². The van der Waals surface area contributed by atoms with Crippen LogP contribution in [0.15, 0.2) is 0 Å². The van der Waals surface area contributed by atoms with Crippen molar-refractivity contribution < 1.29 is 4.39 Å². The van der Waals surface area contributed by atoms with Gasteiger partial charge in [0.15, 0.2) is 0 Å². The highest BCUT2D eigenvalue weighted by Crippen LogP contribution is 1.91. The second-order valence-corrected chi connectivity index (χ2v) is 1.41. The lowest BCUT2D eigenvalue weighted by Crippen LogP contribution is -2.29. The molecule has 0 aliphatic heterocycles. The first-order valence-electron chi connectivity index (χ1n) is 2.38. The Hall–Kier alpha value is -0.150. The monoisotopic (exact) mass is 106 g/mol. The minimum atomic E-state index is -0.787. The van der Waals surface area contributed by atoms with Gasteiger partial charge in [-0.05, 0) is 6.42 Å². The second kappa shape index (κ2) is 4.02. The number of nitrogens with two attached hydrogens (primary N) is 1. The zero-order valence-corrected chi connectivity index (χ0v) is 4.45. The lowest BCUT2D eigenvalue weighted by atomic mass is 10.3. The molecule has 0 saturated heterocycles. The van der Waals surface area contributed by atoms with Gasteiger partial charge in [0, 0.05) is 6.54 Å². The molecule has 7 heavy (non-hydrogen) atoms. The maximum absolute atomic E-state index is 12.0. The molecule has 0 radical (unpaired) electrons. The van der Waals surface area contributed by atoms with E-state index in [0.717, 1.165) is 0 Å². The molecule has 0 aromatic carbocycles. The van der Waals surface area contributed by atoms with E-state index in [4.69, 9.17) is 5.84 Å². The Kier molecular flexibility index (Phi) is 3.93. The van der Waals surface area contributed by atoms with E-state index in [-0.39, 0.29) is 6.54 Å². The Bertz CT molecular complexity index is 40.7. The highest BCUT2D eigenvalue weighted by Gasteiger charge is 1.97. The van der Waals surface area contributed by atoms with Crippen molar-refractivity contribution in [3.63, 3.8) is 0 Å². The van der Waals surface area contributed by atoms with E-state index in [1.165, 1.54) is 0 Å². The molecule has 0 bridgehead atoms. The highest BCUT2D eigenvalue weighted by molar-refractivity contribution is 4.51. The van der Waals surface area contributed by atoms with Crippen LogP contribution in [0.1, 0.15) is 13.3 Å². The Morgan fingerprint density at radius 3 is 2.57 bits per heavy atom. The van der Waals surface area contributed by atoms with E-state index in [1.54, 1.807) is 6.92 Å². The lowest BCUT2D eigenvalue weighted by molar-refractivity contribution is 0.312. The van der Waals surface area contributed by atoms with Crippen molar-refractivity contribution in [3.05, 3.63) is 0 Å². The van der Waals surface area contributed by atoms with E-state index < -0.39 is 6.17 Å². The predicted octanol–water partition coefficient (Wildman–Crippen LogP) is 0.198. The quantitative estimate of drug-likeness (QED) is 0.398. The molecule has 0 fully saturated rings. The zero-order chi connectivity index (χ0) is 5.70. The van der Waals surface area contributed by atoms with Crippen molar-refractivity contribution in [2.24, 2.45) is 5.84 Å². The van der Waals surface area contributed by atoms with Gasteiger partial charge in [-0.2, -0.15) is 0 Å². The summed E-state index contributed by atoms with van der Waals surface area (Å²) in [6.45, 7) is 2.04. The molecule has 0 saturated carbocycles. The minimum Gasteiger partial charge on any atom is -0.271 e. The number of rotatable bonds is 3. The SMILES string of the molecule is CCC(F)CNN. The Balaban J connectivity index is 2.83. The summed E-state index contributed by atoms with van der Waals surface area (Å²) in [6, 6.07) is 0. The maximum atomic E-state index is 12.0. The van der Waals surface area contributed by atoms with E-state index in [9.17, 15) is 4.39 Å². The van der Waals surface area contributed by atoms with Crippen LogP contribution in [-0.4, -0.2) is 12.7 Å². The largest absolute Gasteiger partial charge is 0.271 e. The van der Waals surface area contributed by atoms with E-state index in [0.29, 0.717) is 6.42 Å². The molecule has 0 aliphatic rings. The third-order valence-corrected chi connectivity index (χ3v) is 0.782. The number of halogens is 1. The molecule has 2 nitrogen and oxygen atoms in total. The van der Waals surface area contributed by atoms with Crippen LogP contribution in [0, 0.1) is 0 Å². The van der Waals surface area contributed by atoms with Gasteiger partial charge in [0.2, 0.25) is 0 Å². The summed E-state index contributed by atoms with van der Waals surface area (Å²) in [5.74, 6) is 4.82. The van der Waals surface area contributed by atoms with Crippen LogP contribution in [0.5, 0.6) is 0 Å². The Labute approximate surface area is 42.9 Å². The molecule has 0 heterocycles. The van der Waals surface area contributed by atoms with E-state index in [2.05, 4.69) is 5.43 Å². The first kappa shape index (κ1) is 6.85. The first-order chi connectivity index (χ1) is 3.31. The number of alkyl halides is 1. The van der Waals surface area contributed by atoms with Gasteiger partial charge in [-0.15, -0.1) is 0 Å². The number of nitrogens with one attached hydrogen (secondary N) is 1. The summed E-state index contributed by atoms with van der Waals surface area (Å²) in [4.78, 5) is 0. The average molecular weight is 106 g/mol. The third kappa shape index (κ3) is 3.69. The molecule has 1 atom stereocenters. The van der Waals surface area contributed by atoms with Crippen LogP contribution in [0.3, 0.4) is 0 Å². The van der Waals surface area contributed by atoms with Crippen molar-refractivity contribution in [2.45, 2.75) is 19.5 Å². The molecule has 1 unspecified atom stereocenters. The molecular formula is C4H11FN2. The average Bonchev–Trinajstić information content (AvgIpc) is 1.68. The number of hydrazine groups is 1. The van der Waals surface area contributed by atoms with Crippen molar-refractivity contribution in [1.29, 1.82) is 0 Å².